The third-order valence-corrected chi connectivity index (χ3v) is 4.75. The molecule has 0 aliphatic rings. The molecule has 0 unspecified atom stereocenters. The minimum Gasteiger partial charge on any atom is -0.490 e. The highest BCUT2D eigenvalue weighted by Crippen LogP contribution is 2.34. The number of anilines is 2. The van der Waals surface area contributed by atoms with Crippen LogP contribution in [0.15, 0.2) is 24.3 Å². The molecule has 2 aromatic heterocycles. The van der Waals surface area contributed by atoms with Crippen LogP contribution in [-0.2, 0) is 6.42 Å². The van der Waals surface area contributed by atoms with Crippen LogP contribution in [0.3, 0.4) is 0 Å². The maximum atomic E-state index is 11.1. The van der Waals surface area contributed by atoms with Crippen LogP contribution in [0, 0.1) is 10.1 Å². The molecule has 24 heavy (non-hydrogen) atoms. The van der Waals surface area contributed by atoms with Crippen LogP contribution < -0.4 is 10.1 Å². The molecule has 0 atom stereocenters. The number of hydrogen-bond acceptors (Lipinski definition) is 7. The van der Waals surface area contributed by atoms with E-state index in [9.17, 15) is 10.1 Å². The number of thiophene rings is 1. The summed E-state index contributed by atoms with van der Waals surface area (Å²) in [5.74, 6) is 0.709. The van der Waals surface area contributed by atoms with Crippen molar-refractivity contribution in [1.29, 1.82) is 0 Å². The summed E-state index contributed by atoms with van der Waals surface area (Å²) in [6, 6.07) is 6.61. The van der Waals surface area contributed by atoms with Crippen molar-refractivity contribution in [1.82, 2.24) is 9.97 Å². The van der Waals surface area contributed by atoms with E-state index in [0.29, 0.717) is 11.5 Å². The van der Waals surface area contributed by atoms with E-state index in [0.717, 1.165) is 21.5 Å². The predicted octanol–water partition coefficient (Wildman–Crippen LogP) is 4.57. The Bertz CT molecular complexity index is 928. The van der Waals surface area contributed by atoms with Crippen molar-refractivity contribution in [2.24, 2.45) is 0 Å². The summed E-state index contributed by atoms with van der Waals surface area (Å²) in [5.41, 5.74) is 0.390. The van der Waals surface area contributed by atoms with Gasteiger partial charge in [0.05, 0.1) is 17.4 Å². The quantitative estimate of drug-likeness (QED) is 0.405. The van der Waals surface area contributed by atoms with Crippen LogP contribution >= 0.6 is 22.9 Å². The summed E-state index contributed by atoms with van der Waals surface area (Å²) < 4.78 is 5.00. The van der Waals surface area contributed by atoms with E-state index in [1.54, 1.807) is 17.4 Å². The highest BCUT2D eigenvalue weighted by atomic mass is 35.5. The molecular weight excluding hydrogens is 352 g/mol. The van der Waals surface area contributed by atoms with Gasteiger partial charge in [0, 0.05) is 16.6 Å². The molecule has 0 bridgehead atoms. The molecule has 0 spiro atoms. The standard InChI is InChI=1S/C15H13ClN4O3S/c1-3-9-7-10-13(18-15(16)19-14(10)24-9)17-8-4-5-12(23-2)11(6-8)20(21)22/h4-7H,3H2,1-2H3,(H,17,18,19). The first-order valence-corrected chi connectivity index (χ1v) is 8.26. The van der Waals surface area contributed by atoms with Gasteiger partial charge in [0.1, 0.15) is 10.6 Å². The maximum Gasteiger partial charge on any atom is 0.312 e. The molecule has 2 heterocycles. The molecule has 1 N–H and O–H groups in total. The second-order valence-electron chi connectivity index (χ2n) is 4.90. The summed E-state index contributed by atoms with van der Waals surface area (Å²) in [6.07, 6.45) is 0.881. The topological polar surface area (TPSA) is 90.2 Å². The number of halogens is 1. The summed E-state index contributed by atoms with van der Waals surface area (Å²) in [6.45, 7) is 2.06. The van der Waals surface area contributed by atoms with Crippen molar-refractivity contribution >= 4 is 50.3 Å². The van der Waals surface area contributed by atoms with Gasteiger partial charge in [-0.05, 0) is 36.2 Å². The molecule has 0 saturated carbocycles. The van der Waals surface area contributed by atoms with Gasteiger partial charge in [0.15, 0.2) is 5.75 Å². The Morgan fingerprint density at radius 1 is 1.38 bits per heavy atom. The van der Waals surface area contributed by atoms with E-state index in [4.69, 9.17) is 16.3 Å². The van der Waals surface area contributed by atoms with Crippen LogP contribution in [0.25, 0.3) is 10.2 Å². The third kappa shape index (κ3) is 3.10. The molecular formula is C15H13ClN4O3S. The SMILES string of the molecule is CCc1cc2c(Nc3ccc(OC)c([N+](=O)[O-])c3)nc(Cl)nc2s1. The minimum atomic E-state index is -0.494. The number of methoxy groups -OCH3 is 1. The van der Waals surface area contributed by atoms with Gasteiger partial charge in [-0.25, -0.2) is 4.98 Å². The lowest BCUT2D eigenvalue weighted by atomic mass is 10.2. The Hall–Kier alpha value is -2.45. The number of nitro groups is 1. The van der Waals surface area contributed by atoms with Crippen LogP contribution in [-0.4, -0.2) is 22.0 Å². The lowest BCUT2D eigenvalue weighted by Crippen LogP contribution is -1.98. The number of hydrogen-bond donors (Lipinski definition) is 1. The minimum absolute atomic E-state index is 0.123. The van der Waals surface area contributed by atoms with E-state index in [1.807, 2.05) is 6.07 Å². The average molecular weight is 365 g/mol. The van der Waals surface area contributed by atoms with Crippen molar-refractivity contribution in [2.75, 3.05) is 12.4 Å². The predicted molar refractivity (Wildman–Crippen MR) is 94.7 cm³/mol. The molecule has 0 fully saturated rings. The highest BCUT2D eigenvalue weighted by molar-refractivity contribution is 7.18. The average Bonchev–Trinajstić information content (AvgIpc) is 2.97. The van der Waals surface area contributed by atoms with Crippen molar-refractivity contribution in [3.63, 3.8) is 0 Å². The number of nitro benzene ring substituents is 1. The summed E-state index contributed by atoms with van der Waals surface area (Å²) in [5, 5.41) is 15.2. The van der Waals surface area contributed by atoms with Crippen molar-refractivity contribution < 1.29 is 9.66 Å². The first kappa shape index (κ1) is 16.4. The fraction of sp³-hybridized carbons (Fsp3) is 0.200. The third-order valence-electron chi connectivity index (χ3n) is 3.40. The van der Waals surface area contributed by atoms with Crippen LogP contribution in [0.2, 0.25) is 5.28 Å². The fourth-order valence-electron chi connectivity index (χ4n) is 2.26. The summed E-state index contributed by atoms with van der Waals surface area (Å²) >= 11 is 7.53. The molecule has 0 aliphatic heterocycles. The zero-order valence-electron chi connectivity index (χ0n) is 12.9. The number of nitrogens with one attached hydrogen (secondary N) is 1. The molecule has 0 aliphatic carbocycles. The Balaban J connectivity index is 2.05. The summed E-state index contributed by atoms with van der Waals surface area (Å²) in [7, 11) is 1.39. The van der Waals surface area contributed by atoms with E-state index in [2.05, 4.69) is 22.2 Å². The Kier molecular flexibility index (Phi) is 4.50. The molecule has 9 heteroatoms. The van der Waals surface area contributed by atoms with Crippen LogP contribution in [0.1, 0.15) is 11.8 Å². The van der Waals surface area contributed by atoms with Crippen molar-refractivity contribution in [3.8, 4) is 5.75 Å². The molecule has 0 radical (unpaired) electrons. The second kappa shape index (κ2) is 6.58. The zero-order valence-corrected chi connectivity index (χ0v) is 14.4. The number of benzene rings is 1. The van der Waals surface area contributed by atoms with Gasteiger partial charge >= 0.3 is 5.69 Å². The van der Waals surface area contributed by atoms with Crippen molar-refractivity contribution in [2.45, 2.75) is 13.3 Å². The lowest BCUT2D eigenvalue weighted by Gasteiger charge is -2.08. The van der Waals surface area contributed by atoms with Gasteiger partial charge in [-0.15, -0.1) is 11.3 Å². The molecule has 3 aromatic rings. The van der Waals surface area contributed by atoms with E-state index < -0.39 is 4.92 Å². The second-order valence-corrected chi connectivity index (χ2v) is 6.35. The first-order chi connectivity index (χ1) is 11.5. The molecule has 7 nitrogen and oxygen atoms in total. The van der Waals surface area contributed by atoms with Gasteiger partial charge < -0.3 is 10.1 Å². The van der Waals surface area contributed by atoms with Crippen LogP contribution in [0.4, 0.5) is 17.2 Å². The van der Waals surface area contributed by atoms with Gasteiger partial charge in [0.25, 0.3) is 0 Å². The maximum absolute atomic E-state index is 11.1. The first-order valence-electron chi connectivity index (χ1n) is 7.07. The van der Waals surface area contributed by atoms with Gasteiger partial charge in [-0.2, -0.15) is 4.98 Å². The number of aryl methyl sites for hydroxylation is 1. The van der Waals surface area contributed by atoms with E-state index >= 15 is 0 Å². The largest absolute Gasteiger partial charge is 0.490 e. The monoisotopic (exact) mass is 364 g/mol. The molecule has 1 aromatic carbocycles. The summed E-state index contributed by atoms with van der Waals surface area (Å²) in [4.78, 5) is 21.0. The van der Waals surface area contributed by atoms with Gasteiger partial charge in [-0.3, -0.25) is 10.1 Å². The van der Waals surface area contributed by atoms with Crippen LogP contribution in [0.5, 0.6) is 5.75 Å². The molecule has 3 rings (SSSR count). The van der Waals surface area contributed by atoms with Crippen molar-refractivity contribution in [3.05, 3.63) is 44.5 Å². The fourth-order valence-corrected chi connectivity index (χ4v) is 3.45. The molecule has 0 amide bonds. The number of fused-ring (bicyclic) bond motifs is 1. The smallest absolute Gasteiger partial charge is 0.312 e. The lowest BCUT2D eigenvalue weighted by molar-refractivity contribution is -0.385. The van der Waals surface area contributed by atoms with Gasteiger partial charge in [-0.1, -0.05) is 6.92 Å². The number of rotatable bonds is 5. The number of nitrogens with zero attached hydrogens (tertiary/aromatic N) is 3. The number of ether oxygens (including phenoxy) is 1. The number of aromatic nitrogens is 2. The molecule has 124 valence electrons. The van der Waals surface area contributed by atoms with Gasteiger partial charge in [0.2, 0.25) is 5.28 Å². The Morgan fingerprint density at radius 2 is 2.17 bits per heavy atom. The van der Waals surface area contributed by atoms with E-state index in [-0.39, 0.29) is 16.7 Å². The normalized spacial score (nSPS) is 10.8. The Labute approximate surface area is 146 Å². The molecule has 0 saturated heterocycles. The Morgan fingerprint density at radius 3 is 2.83 bits per heavy atom. The zero-order chi connectivity index (χ0) is 17.3. The van der Waals surface area contributed by atoms with E-state index in [1.165, 1.54) is 19.2 Å². The highest BCUT2D eigenvalue weighted by Gasteiger charge is 2.17.